The maximum Gasteiger partial charge on any atom is 0.338 e. The van der Waals surface area contributed by atoms with Gasteiger partial charge >= 0.3 is 11.9 Å². The van der Waals surface area contributed by atoms with Crippen LogP contribution < -0.4 is 0 Å². The third-order valence-corrected chi connectivity index (χ3v) is 5.99. The Morgan fingerprint density at radius 3 is 2.31 bits per heavy atom. The molecule has 1 saturated heterocycles. The number of hydrogen-bond acceptors (Lipinski definition) is 6. The molecule has 0 spiro atoms. The first-order valence-electron chi connectivity index (χ1n) is 10.7. The van der Waals surface area contributed by atoms with Crippen molar-refractivity contribution in [2.45, 2.75) is 70.7 Å². The summed E-state index contributed by atoms with van der Waals surface area (Å²) in [7, 11) is 0. The minimum Gasteiger partial charge on any atom is -0.462 e. The van der Waals surface area contributed by atoms with Crippen LogP contribution >= 0.6 is 0 Å². The number of carbonyl (C=O) groups excluding carboxylic acids is 2. The number of carbonyl (C=O) groups is 2. The second-order valence-electron chi connectivity index (χ2n) is 8.35. The highest BCUT2D eigenvalue weighted by molar-refractivity contribution is 5.93. The van der Waals surface area contributed by atoms with E-state index in [1.54, 1.807) is 24.3 Å². The largest absolute Gasteiger partial charge is 0.462 e. The minimum atomic E-state index is -0.408. The molecule has 29 heavy (non-hydrogen) atoms. The van der Waals surface area contributed by atoms with Crippen molar-refractivity contribution in [2.24, 2.45) is 11.8 Å². The van der Waals surface area contributed by atoms with Gasteiger partial charge in [0.05, 0.1) is 42.7 Å². The molecule has 6 nitrogen and oxygen atoms in total. The Morgan fingerprint density at radius 1 is 1.14 bits per heavy atom. The van der Waals surface area contributed by atoms with Crippen molar-refractivity contribution in [1.29, 1.82) is 0 Å². The molecule has 1 aliphatic heterocycles. The summed E-state index contributed by atoms with van der Waals surface area (Å²) in [5, 5.41) is 9.71. The summed E-state index contributed by atoms with van der Waals surface area (Å²) in [5.74, 6) is -0.284. The first-order valence-corrected chi connectivity index (χ1v) is 10.7. The van der Waals surface area contributed by atoms with E-state index in [2.05, 4.69) is 13.8 Å². The molecule has 3 rings (SSSR count). The van der Waals surface area contributed by atoms with Gasteiger partial charge in [-0.1, -0.05) is 13.3 Å². The molecule has 0 bridgehead atoms. The molecular formula is C23H32O6. The van der Waals surface area contributed by atoms with E-state index in [0.717, 1.165) is 32.1 Å². The molecule has 2 fully saturated rings. The van der Waals surface area contributed by atoms with Gasteiger partial charge in [-0.2, -0.15) is 0 Å². The van der Waals surface area contributed by atoms with Gasteiger partial charge < -0.3 is 19.3 Å². The van der Waals surface area contributed by atoms with Gasteiger partial charge in [0.2, 0.25) is 0 Å². The average molecular weight is 405 g/mol. The van der Waals surface area contributed by atoms with E-state index in [9.17, 15) is 14.7 Å². The first kappa shape index (κ1) is 21.8. The van der Waals surface area contributed by atoms with E-state index in [4.69, 9.17) is 14.2 Å². The number of ether oxygens (including phenoxy) is 3. The van der Waals surface area contributed by atoms with E-state index in [1.165, 1.54) is 0 Å². The first-order chi connectivity index (χ1) is 14.0. The number of hydrogen-bond donors (Lipinski definition) is 1. The summed E-state index contributed by atoms with van der Waals surface area (Å²) in [6, 6.07) is 6.37. The van der Waals surface area contributed by atoms with Crippen LogP contribution in [-0.4, -0.2) is 48.6 Å². The molecule has 2 aliphatic rings. The van der Waals surface area contributed by atoms with Crippen LogP contribution in [0.5, 0.6) is 0 Å². The Bertz CT molecular complexity index is 685. The number of aliphatic hydroxyl groups is 1. The summed E-state index contributed by atoms with van der Waals surface area (Å²) in [6.45, 7) is 4.83. The molecule has 0 amide bonds. The molecular weight excluding hydrogens is 372 g/mol. The molecule has 1 saturated carbocycles. The number of benzene rings is 1. The third-order valence-electron chi connectivity index (χ3n) is 5.99. The molecule has 4 unspecified atom stereocenters. The highest BCUT2D eigenvalue weighted by Crippen LogP contribution is 2.29. The molecule has 1 heterocycles. The van der Waals surface area contributed by atoms with Crippen molar-refractivity contribution in [3.05, 3.63) is 35.4 Å². The van der Waals surface area contributed by atoms with Gasteiger partial charge in [0, 0.05) is 0 Å². The maximum atomic E-state index is 12.3. The van der Waals surface area contributed by atoms with Crippen LogP contribution in [0.2, 0.25) is 0 Å². The van der Waals surface area contributed by atoms with E-state index in [-0.39, 0.29) is 18.0 Å². The summed E-state index contributed by atoms with van der Waals surface area (Å²) in [5.41, 5.74) is 0.826. The lowest BCUT2D eigenvalue weighted by Gasteiger charge is -2.25. The molecule has 0 radical (unpaired) electrons. The van der Waals surface area contributed by atoms with Crippen molar-refractivity contribution in [3.63, 3.8) is 0 Å². The molecule has 1 aromatic rings. The van der Waals surface area contributed by atoms with Crippen LogP contribution in [0.4, 0.5) is 0 Å². The van der Waals surface area contributed by atoms with E-state index in [0.29, 0.717) is 48.9 Å². The van der Waals surface area contributed by atoms with Crippen LogP contribution in [0.3, 0.4) is 0 Å². The topological polar surface area (TPSA) is 85.4 Å². The maximum absolute atomic E-state index is 12.3. The van der Waals surface area contributed by atoms with Gasteiger partial charge in [0.25, 0.3) is 0 Å². The Morgan fingerprint density at radius 2 is 1.76 bits per heavy atom. The van der Waals surface area contributed by atoms with Crippen molar-refractivity contribution >= 4 is 11.9 Å². The molecule has 160 valence electrons. The van der Waals surface area contributed by atoms with E-state index in [1.807, 2.05) is 0 Å². The zero-order valence-corrected chi connectivity index (χ0v) is 17.3. The van der Waals surface area contributed by atoms with Gasteiger partial charge in [-0.15, -0.1) is 0 Å². The molecule has 0 aromatic heterocycles. The smallest absolute Gasteiger partial charge is 0.338 e. The zero-order valence-electron chi connectivity index (χ0n) is 17.3. The fourth-order valence-corrected chi connectivity index (χ4v) is 3.87. The van der Waals surface area contributed by atoms with Crippen LogP contribution in [0.25, 0.3) is 0 Å². The number of epoxide rings is 1. The minimum absolute atomic E-state index is 0.215. The SMILES string of the molecule is CCC(COC(=O)c1ccc(C(=O)OCC2CCC[C@@H](O)C2)cc1)CC1OC1C. The fraction of sp³-hybridized carbons (Fsp3) is 0.652. The van der Waals surface area contributed by atoms with Crippen molar-refractivity contribution in [3.8, 4) is 0 Å². The van der Waals surface area contributed by atoms with E-state index < -0.39 is 5.97 Å². The fourth-order valence-electron chi connectivity index (χ4n) is 3.87. The number of rotatable bonds is 9. The standard InChI is InChI=1S/C23H32O6/c1-3-16(12-21-15(2)29-21)13-27-22(25)18-7-9-19(10-8-18)23(26)28-14-17-5-4-6-20(24)11-17/h7-10,15-17,20-21,24H,3-6,11-14H2,1-2H3/t15?,16?,17?,20-,21?/m1/s1. The lowest BCUT2D eigenvalue weighted by Crippen LogP contribution is -2.24. The molecule has 1 N–H and O–H groups in total. The normalized spacial score (nSPS) is 27.1. The van der Waals surface area contributed by atoms with Crippen molar-refractivity contribution in [2.75, 3.05) is 13.2 Å². The molecule has 6 heteroatoms. The highest BCUT2D eigenvalue weighted by atomic mass is 16.6. The third kappa shape index (κ3) is 6.54. The number of esters is 2. The summed E-state index contributed by atoms with van der Waals surface area (Å²) in [4.78, 5) is 24.5. The lowest BCUT2D eigenvalue weighted by atomic mass is 9.88. The predicted octanol–water partition coefficient (Wildman–Crippen LogP) is 3.75. The second kappa shape index (κ2) is 10.2. The molecule has 5 atom stereocenters. The predicted molar refractivity (Wildman–Crippen MR) is 108 cm³/mol. The monoisotopic (exact) mass is 404 g/mol. The summed E-state index contributed by atoms with van der Waals surface area (Å²) >= 11 is 0. The van der Waals surface area contributed by atoms with Crippen LogP contribution in [0.1, 0.15) is 73.1 Å². The zero-order chi connectivity index (χ0) is 20.8. The average Bonchev–Trinajstić information content (AvgIpc) is 3.43. The lowest BCUT2D eigenvalue weighted by molar-refractivity contribution is 0.0291. The van der Waals surface area contributed by atoms with Crippen LogP contribution in [0.15, 0.2) is 24.3 Å². The van der Waals surface area contributed by atoms with Crippen LogP contribution in [0, 0.1) is 11.8 Å². The summed E-state index contributed by atoms with van der Waals surface area (Å²) in [6.07, 6.45) is 5.61. The van der Waals surface area contributed by atoms with E-state index >= 15 is 0 Å². The Kier molecular flexibility index (Phi) is 7.67. The molecule has 1 aromatic carbocycles. The van der Waals surface area contributed by atoms with Gasteiger partial charge in [-0.25, -0.2) is 9.59 Å². The Labute approximate surface area is 172 Å². The van der Waals surface area contributed by atoms with Crippen molar-refractivity contribution in [1.82, 2.24) is 0 Å². The quantitative estimate of drug-likeness (QED) is 0.498. The van der Waals surface area contributed by atoms with Gasteiger partial charge in [-0.05, 0) is 75.1 Å². The molecule has 1 aliphatic carbocycles. The highest BCUT2D eigenvalue weighted by Gasteiger charge is 2.35. The Balaban J connectivity index is 1.43. The summed E-state index contributed by atoms with van der Waals surface area (Å²) < 4.78 is 16.3. The van der Waals surface area contributed by atoms with Crippen molar-refractivity contribution < 1.29 is 28.9 Å². The van der Waals surface area contributed by atoms with Gasteiger partial charge in [-0.3, -0.25) is 0 Å². The van der Waals surface area contributed by atoms with Crippen LogP contribution in [-0.2, 0) is 14.2 Å². The van der Waals surface area contributed by atoms with Gasteiger partial charge in [0.15, 0.2) is 0 Å². The second-order valence-corrected chi connectivity index (χ2v) is 8.35. The Hall–Kier alpha value is -1.92. The van der Waals surface area contributed by atoms with Gasteiger partial charge in [0.1, 0.15) is 0 Å². The number of aliphatic hydroxyl groups excluding tert-OH is 1.